The lowest BCUT2D eigenvalue weighted by Crippen LogP contribution is -2.37. The summed E-state index contributed by atoms with van der Waals surface area (Å²) in [5.74, 6) is -0.266. The molecule has 1 saturated heterocycles. The molecule has 0 saturated carbocycles. The topological polar surface area (TPSA) is 128 Å². The van der Waals surface area contributed by atoms with Crippen LogP contribution in [-0.4, -0.2) is 50.4 Å². The molecule has 0 unspecified atom stereocenters. The molecule has 0 spiro atoms. The Labute approximate surface area is 196 Å². The summed E-state index contributed by atoms with van der Waals surface area (Å²) in [6, 6.07) is 6.29. The Morgan fingerprint density at radius 3 is 2.56 bits per heavy atom. The van der Waals surface area contributed by atoms with Gasteiger partial charge < -0.3 is 9.88 Å². The predicted octanol–water partition coefficient (Wildman–Crippen LogP) is 1.03. The van der Waals surface area contributed by atoms with E-state index in [1.54, 1.807) is 23.7 Å². The van der Waals surface area contributed by atoms with Gasteiger partial charge in [0.15, 0.2) is 11.2 Å². The van der Waals surface area contributed by atoms with E-state index in [0.717, 1.165) is 23.8 Å². The summed E-state index contributed by atoms with van der Waals surface area (Å²) in [6.45, 7) is 1.39. The van der Waals surface area contributed by atoms with Gasteiger partial charge in [-0.05, 0) is 37.5 Å². The first-order chi connectivity index (χ1) is 16.2. The second kappa shape index (κ2) is 9.55. The number of piperidine rings is 1. The molecule has 1 N–H and O–H groups in total. The molecule has 0 aliphatic carbocycles. The molecule has 182 valence electrons. The Hall–Kier alpha value is -3.25. The fourth-order valence-electron chi connectivity index (χ4n) is 4.19. The standard InChI is InChI=1S/C22H28N6O5S/c1-25-20-19(21(30)26(2)22(25)31)27(15-23-20)11-7-10-18(29)24-16-8-6-9-17(14-16)34(32,33)28-12-4-3-5-13-28/h6,8-9,14-15H,3-5,7,10-13H2,1-2H3,(H,24,29). The van der Waals surface area contributed by atoms with Gasteiger partial charge in [0.05, 0.1) is 11.2 Å². The smallest absolute Gasteiger partial charge is 0.326 e. The van der Waals surface area contributed by atoms with Crippen LogP contribution in [0.4, 0.5) is 5.69 Å². The number of imidazole rings is 1. The lowest BCUT2D eigenvalue weighted by atomic mass is 10.2. The Balaban J connectivity index is 1.40. The summed E-state index contributed by atoms with van der Waals surface area (Å²) in [4.78, 5) is 41.4. The maximum absolute atomic E-state index is 12.9. The highest BCUT2D eigenvalue weighted by molar-refractivity contribution is 7.89. The molecule has 34 heavy (non-hydrogen) atoms. The fraction of sp³-hybridized carbons (Fsp3) is 0.455. The van der Waals surface area contributed by atoms with Crippen LogP contribution in [0.1, 0.15) is 32.1 Å². The zero-order valence-electron chi connectivity index (χ0n) is 19.2. The van der Waals surface area contributed by atoms with Crippen molar-refractivity contribution in [1.82, 2.24) is 23.0 Å². The molecule has 0 atom stereocenters. The largest absolute Gasteiger partial charge is 0.332 e. The maximum Gasteiger partial charge on any atom is 0.332 e. The van der Waals surface area contributed by atoms with Crippen molar-refractivity contribution in [2.75, 3.05) is 18.4 Å². The molecule has 4 rings (SSSR count). The number of nitrogens with one attached hydrogen (secondary N) is 1. The predicted molar refractivity (Wildman–Crippen MR) is 127 cm³/mol. The Morgan fingerprint density at radius 1 is 1.09 bits per heavy atom. The minimum atomic E-state index is -3.59. The molecule has 1 aliphatic rings. The van der Waals surface area contributed by atoms with E-state index >= 15 is 0 Å². The van der Waals surface area contributed by atoms with Crippen LogP contribution < -0.4 is 16.6 Å². The molecular weight excluding hydrogens is 460 g/mol. The number of sulfonamides is 1. The highest BCUT2D eigenvalue weighted by Gasteiger charge is 2.26. The molecule has 1 aromatic carbocycles. The number of benzene rings is 1. The van der Waals surface area contributed by atoms with E-state index < -0.39 is 21.3 Å². The number of anilines is 1. The zero-order chi connectivity index (χ0) is 24.5. The summed E-state index contributed by atoms with van der Waals surface area (Å²) >= 11 is 0. The molecule has 11 nitrogen and oxygen atoms in total. The van der Waals surface area contributed by atoms with E-state index in [4.69, 9.17) is 0 Å². The number of carbonyl (C=O) groups is 1. The molecule has 0 radical (unpaired) electrons. The van der Waals surface area contributed by atoms with Gasteiger partial charge in [0.2, 0.25) is 15.9 Å². The number of rotatable bonds is 7. The normalized spacial score (nSPS) is 15.0. The number of hydrogen-bond donors (Lipinski definition) is 1. The highest BCUT2D eigenvalue weighted by Crippen LogP contribution is 2.23. The number of hydrogen-bond acceptors (Lipinski definition) is 6. The van der Waals surface area contributed by atoms with E-state index in [1.807, 2.05) is 0 Å². The Kier molecular flexibility index (Phi) is 6.71. The lowest BCUT2D eigenvalue weighted by molar-refractivity contribution is -0.116. The highest BCUT2D eigenvalue weighted by atomic mass is 32.2. The van der Waals surface area contributed by atoms with E-state index in [1.165, 1.54) is 34.4 Å². The van der Waals surface area contributed by atoms with Gasteiger partial charge in [-0.2, -0.15) is 4.31 Å². The van der Waals surface area contributed by atoms with Crippen LogP contribution in [0.2, 0.25) is 0 Å². The monoisotopic (exact) mass is 488 g/mol. The Bertz CT molecular complexity index is 1450. The average Bonchev–Trinajstić information content (AvgIpc) is 3.26. The quantitative estimate of drug-likeness (QED) is 0.529. The van der Waals surface area contributed by atoms with Crippen LogP contribution in [0.15, 0.2) is 45.1 Å². The van der Waals surface area contributed by atoms with Crippen molar-refractivity contribution in [2.24, 2.45) is 14.1 Å². The molecular formula is C22H28N6O5S. The second-order valence-corrected chi connectivity index (χ2v) is 10.4. The summed E-state index contributed by atoms with van der Waals surface area (Å²) in [7, 11) is -0.625. The van der Waals surface area contributed by atoms with Gasteiger partial charge in [-0.1, -0.05) is 12.5 Å². The van der Waals surface area contributed by atoms with Crippen LogP contribution in [0, 0.1) is 0 Å². The average molecular weight is 489 g/mol. The first-order valence-corrected chi connectivity index (χ1v) is 12.6. The maximum atomic E-state index is 12.9. The molecule has 1 fully saturated rings. The zero-order valence-corrected chi connectivity index (χ0v) is 20.0. The SMILES string of the molecule is Cn1c(=O)c2c(ncn2CCCC(=O)Nc2cccc(S(=O)(=O)N3CCCCC3)c2)n(C)c1=O. The molecule has 3 aromatic rings. The van der Waals surface area contributed by atoms with Gasteiger partial charge in [0.25, 0.3) is 5.56 Å². The Morgan fingerprint density at radius 2 is 1.82 bits per heavy atom. The van der Waals surface area contributed by atoms with Gasteiger partial charge in [0.1, 0.15) is 0 Å². The molecule has 1 aliphatic heterocycles. The summed E-state index contributed by atoms with van der Waals surface area (Å²) < 4.78 is 31.2. The van der Waals surface area contributed by atoms with Crippen LogP contribution in [0.25, 0.3) is 11.2 Å². The number of nitrogens with zero attached hydrogens (tertiary/aromatic N) is 5. The number of fused-ring (bicyclic) bond motifs is 1. The second-order valence-electron chi connectivity index (χ2n) is 8.46. The minimum absolute atomic E-state index is 0.162. The summed E-state index contributed by atoms with van der Waals surface area (Å²) in [6.07, 6.45) is 4.81. The molecule has 12 heteroatoms. The number of amides is 1. The molecule has 2 aromatic heterocycles. The van der Waals surface area contributed by atoms with Crippen LogP contribution >= 0.6 is 0 Å². The molecule has 0 bridgehead atoms. The van der Waals surface area contributed by atoms with Crippen molar-refractivity contribution >= 4 is 32.8 Å². The summed E-state index contributed by atoms with van der Waals surface area (Å²) in [5, 5.41) is 2.75. The number of aryl methyl sites for hydroxylation is 2. The van der Waals surface area contributed by atoms with E-state index in [2.05, 4.69) is 10.3 Å². The van der Waals surface area contributed by atoms with Gasteiger partial charge >= 0.3 is 5.69 Å². The van der Waals surface area contributed by atoms with Gasteiger partial charge in [0, 0.05) is 45.8 Å². The van der Waals surface area contributed by atoms with Crippen molar-refractivity contribution < 1.29 is 13.2 Å². The number of carbonyl (C=O) groups excluding carboxylic acids is 1. The molecule has 3 heterocycles. The first kappa shape index (κ1) is 23.9. The third-order valence-corrected chi connectivity index (χ3v) is 7.99. The van der Waals surface area contributed by atoms with Crippen molar-refractivity contribution in [3.05, 3.63) is 51.4 Å². The van der Waals surface area contributed by atoms with Gasteiger partial charge in [-0.25, -0.2) is 18.2 Å². The van der Waals surface area contributed by atoms with Crippen LogP contribution in [0.5, 0.6) is 0 Å². The number of aromatic nitrogens is 4. The van der Waals surface area contributed by atoms with E-state index in [-0.39, 0.29) is 17.2 Å². The van der Waals surface area contributed by atoms with Gasteiger partial charge in [-0.3, -0.25) is 18.7 Å². The van der Waals surface area contributed by atoms with E-state index in [9.17, 15) is 22.8 Å². The van der Waals surface area contributed by atoms with Crippen molar-refractivity contribution in [2.45, 2.75) is 43.5 Å². The third kappa shape index (κ3) is 4.55. The fourth-order valence-corrected chi connectivity index (χ4v) is 5.75. The lowest BCUT2D eigenvalue weighted by Gasteiger charge is -2.26. The summed E-state index contributed by atoms with van der Waals surface area (Å²) in [5.41, 5.74) is 0.128. The van der Waals surface area contributed by atoms with Crippen molar-refractivity contribution in [3.63, 3.8) is 0 Å². The molecule has 1 amide bonds. The third-order valence-electron chi connectivity index (χ3n) is 6.09. The van der Waals surface area contributed by atoms with E-state index in [0.29, 0.717) is 42.9 Å². The van der Waals surface area contributed by atoms with Gasteiger partial charge in [-0.15, -0.1) is 0 Å². The first-order valence-electron chi connectivity index (χ1n) is 11.2. The minimum Gasteiger partial charge on any atom is -0.326 e. The van der Waals surface area contributed by atoms with Crippen molar-refractivity contribution in [1.29, 1.82) is 0 Å². The van der Waals surface area contributed by atoms with Crippen LogP contribution in [-0.2, 0) is 35.5 Å². The van der Waals surface area contributed by atoms with Crippen LogP contribution in [0.3, 0.4) is 0 Å². The van der Waals surface area contributed by atoms with Crippen molar-refractivity contribution in [3.8, 4) is 0 Å².